The number of aliphatic hydroxyl groups is 6. The van der Waals surface area contributed by atoms with Crippen molar-refractivity contribution in [2.75, 3.05) is 0 Å². The number of hydrogen-bond acceptors (Lipinski definition) is 9. The van der Waals surface area contributed by atoms with Crippen LogP contribution in [0.5, 0.6) is 0 Å². The van der Waals surface area contributed by atoms with Crippen LogP contribution in [0.3, 0.4) is 0 Å². The van der Waals surface area contributed by atoms with Crippen molar-refractivity contribution in [2.24, 2.45) is 0 Å². The second-order valence-electron chi connectivity index (χ2n) is 5.50. The predicted molar refractivity (Wildman–Crippen MR) is 65.8 cm³/mol. The van der Waals surface area contributed by atoms with Gasteiger partial charge in [0.15, 0.2) is 12.6 Å². The Bertz CT molecular complexity index is 354. The number of hydrogen-bond donors (Lipinski definition) is 6. The standard InChI is InChI=1S/C12H22O9/c1-3-6(14)8(16)10(11(18)19-3)21-12-9(17)7(15)5(13)4(2)20-12/h3-18H,1-2H3/t3-,4+,5+,6-,7-,8+,9-,10-,11-,12+/m1/s1. The van der Waals surface area contributed by atoms with E-state index in [2.05, 4.69) is 0 Å². The Morgan fingerprint density at radius 1 is 0.667 bits per heavy atom. The molecule has 0 aromatic carbocycles. The lowest BCUT2D eigenvalue weighted by atomic mass is 9.98. The molecule has 0 saturated carbocycles. The maximum absolute atomic E-state index is 9.91. The van der Waals surface area contributed by atoms with Gasteiger partial charge in [0.1, 0.15) is 36.6 Å². The van der Waals surface area contributed by atoms with Crippen LogP contribution in [0.1, 0.15) is 13.8 Å². The van der Waals surface area contributed by atoms with Crippen LogP contribution < -0.4 is 0 Å². The lowest BCUT2D eigenvalue weighted by molar-refractivity contribution is -0.356. The van der Waals surface area contributed by atoms with Crippen LogP contribution in [0.25, 0.3) is 0 Å². The normalized spacial score (nSPS) is 55.4. The van der Waals surface area contributed by atoms with Crippen molar-refractivity contribution < 1.29 is 44.8 Å². The molecule has 2 aliphatic heterocycles. The Balaban J connectivity index is 2.06. The van der Waals surface area contributed by atoms with Crippen LogP contribution in [-0.2, 0) is 14.2 Å². The fourth-order valence-electron chi connectivity index (χ4n) is 2.45. The first kappa shape index (κ1) is 17.0. The molecule has 9 heteroatoms. The highest BCUT2D eigenvalue weighted by atomic mass is 16.7. The Hall–Kier alpha value is -0.360. The van der Waals surface area contributed by atoms with Crippen molar-refractivity contribution in [1.29, 1.82) is 0 Å². The first-order valence-corrected chi connectivity index (χ1v) is 6.78. The molecular weight excluding hydrogens is 288 g/mol. The molecule has 21 heavy (non-hydrogen) atoms. The summed E-state index contributed by atoms with van der Waals surface area (Å²) in [7, 11) is 0. The molecule has 0 amide bonds. The predicted octanol–water partition coefficient (Wildman–Crippen LogP) is -3.34. The highest BCUT2D eigenvalue weighted by molar-refractivity contribution is 4.91. The molecule has 2 fully saturated rings. The maximum atomic E-state index is 9.91. The molecule has 2 saturated heterocycles. The van der Waals surface area contributed by atoms with Crippen molar-refractivity contribution in [3.63, 3.8) is 0 Å². The summed E-state index contributed by atoms with van der Waals surface area (Å²) in [4.78, 5) is 0. The van der Waals surface area contributed by atoms with E-state index in [0.29, 0.717) is 0 Å². The monoisotopic (exact) mass is 310 g/mol. The third kappa shape index (κ3) is 3.21. The number of ether oxygens (including phenoxy) is 3. The minimum Gasteiger partial charge on any atom is -0.388 e. The van der Waals surface area contributed by atoms with E-state index in [-0.39, 0.29) is 0 Å². The van der Waals surface area contributed by atoms with Gasteiger partial charge in [-0.25, -0.2) is 0 Å². The van der Waals surface area contributed by atoms with Gasteiger partial charge in [-0.15, -0.1) is 0 Å². The van der Waals surface area contributed by atoms with Crippen LogP contribution in [0.4, 0.5) is 0 Å². The SMILES string of the molecule is C[C@@H]1O[C@@H](O[C@@H]2[C@@H](O)[C@H](O)[C@@H](C)O[C@H]2O)[C@H](O)[C@H](O)[C@H]1O. The van der Waals surface area contributed by atoms with Gasteiger partial charge in [-0.05, 0) is 13.8 Å². The Morgan fingerprint density at radius 3 is 1.81 bits per heavy atom. The van der Waals surface area contributed by atoms with Gasteiger partial charge in [0.05, 0.1) is 12.2 Å². The van der Waals surface area contributed by atoms with Crippen molar-refractivity contribution >= 4 is 0 Å². The summed E-state index contributed by atoms with van der Waals surface area (Å²) >= 11 is 0. The third-order valence-electron chi connectivity index (χ3n) is 3.90. The van der Waals surface area contributed by atoms with Gasteiger partial charge in [0.25, 0.3) is 0 Å². The summed E-state index contributed by atoms with van der Waals surface area (Å²) < 4.78 is 15.5. The van der Waals surface area contributed by atoms with Crippen LogP contribution in [0, 0.1) is 0 Å². The van der Waals surface area contributed by atoms with Gasteiger partial charge in [0.2, 0.25) is 0 Å². The fourth-order valence-corrected chi connectivity index (χ4v) is 2.45. The van der Waals surface area contributed by atoms with Gasteiger partial charge in [-0.1, -0.05) is 0 Å². The third-order valence-corrected chi connectivity index (χ3v) is 3.90. The zero-order valence-corrected chi connectivity index (χ0v) is 11.7. The van der Waals surface area contributed by atoms with Crippen molar-refractivity contribution in [3.8, 4) is 0 Å². The Kier molecular flexibility index (Phi) is 5.19. The van der Waals surface area contributed by atoms with E-state index in [4.69, 9.17) is 14.2 Å². The molecular formula is C12H22O9. The quantitative estimate of drug-likeness (QED) is 0.308. The highest BCUT2D eigenvalue weighted by Crippen LogP contribution is 2.28. The minimum absolute atomic E-state index is 0.793. The number of aliphatic hydroxyl groups excluding tert-OH is 6. The molecule has 0 aromatic rings. The molecule has 2 heterocycles. The summed E-state index contributed by atoms with van der Waals surface area (Å²) in [6, 6.07) is 0. The second kappa shape index (κ2) is 6.41. The van der Waals surface area contributed by atoms with E-state index in [1.807, 2.05) is 0 Å². The fraction of sp³-hybridized carbons (Fsp3) is 1.00. The summed E-state index contributed by atoms with van der Waals surface area (Å²) in [5.41, 5.74) is 0. The van der Waals surface area contributed by atoms with E-state index in [9.17, 15) is 30.6 Å². The average Bonchev–Trinajstić information content (AvgIpc) is 2.44. The molecule has 2 rings (SSSR count). The van der Waals surface area contributed by atoms with E-state index in [1.165, 1.54) is 13.8 Å². The Morgan fingerprint density at radius 2 is 1.19 bits per heavy atom. The molecule has 2 aliphatic rings. The largest absolute Gasteiger partial charge is 0.388 e. The summed E-state index contributed by atoms with van der Waals surface area (Å²) in [6.45, 7) is 2.94. The molecule has 10 atom stereocenters. The molecule has 124 valence electrons. The lowest BCUT2D eigenvalue weighted by Gasteiger charge is -2.44. The zero-order chi connectivity index (χ0) is 15.9. The van der Waals surface area contributed by atoms with E-state index >= 15 is 0 Å². The maximum Gasteiger partial charge on any atom is 0.187 e. The first-order chi connectivity index (χ1) is 9.73. The van der Waals surface area contributed by atoms with Crippen molar-refractivity contribution in [2.45, 2.75) is 75.3 Å². The topological polar surface area (TPSA) is 149 Å². The van der Waals surface area contributed by atoms with Gasteiger partial charge >= 0.3 is 0 Å². The Labute approximate surface area is 121 Å². The molecule has 0 aliphatic carbocycles. The van der Waals surface area contributed by atoms with Crippen LogP contribution in [0.2, 0.25) is 0 Å². The van der Waals surface area contributed by atoms with Crippen molar-refractivity contribution in [1.82, 2.24) is 0 Å². The highest BCUT2D eigenvalue weighted by Gasteiger charge is 2.48. The molecule has 9 nitrogen and oxygen atoms in total. The van der Waals surface area contributed by atoms with Crippen LogP contribution >= 0.6 is 0 Å². The van der Waals surface area contributed by atoms with Gasteiger partial charge in [0, 0.05) is 0 Å². The summed E-state index contributed by atoms with van der Waals surface area (Å²) in [5.74, 6) is 0. The van der Waals surface area contributed by atoms with Crippen LogP contribution in [0.15, 0.2) is 0 Å². The minimum atomic E-state index is -1.58. The number of rotatable bonds is 2. The van der Waals surface area contributed by atoms with Crippen LogP contribution in [-0.4, -0.2) is 92.1 Å². The summed E-state index contributed by atoms with van der Waals surface area (Å²) in [6.07, 6.45) is -13.0. The van der Waals surface area contributed by atoms with Crippen molar-refractivity contribution in [3.05, 3.63) is 0 Å². The molecule has 0 spiro atoms. The average molecular weight is 310 g/mol. The molecule has 0 unspecified atom stereocenters. The lowest BCUT2D eigenvalue weighted by Crippen LogP contribution is -2.62. The summed E-state index contributed by atoms with van der Waals surface area (Å²) in [5, 5.41) is 58.5. The second-order valence-corrected chi connectivity index (χ2v) is 5.50. The van der Waals surface area contributed by atoms with E-state index < -0.39 is 61.4 Å². The van der Waals surface area contributed by atoms with Gasteiger partial charge in [-0.3, -0.25) is 0 Å². The zero-order valence-electron chi connectivity index (χ0n) is 11.7. The van der Waals surface area contributed by atoms with Gasteiger partial charge in [-0.2, -0.15) is 0 Å². The van der Waals surface area contributed by atoms with Gasteiger partial charge < -0.3 is 44.8 Å². The first-order valence-electron chi connectivity index (χ1n) is 6.78. The van der Waals surface area contributed by atoms with E-state index in [0.717, 1.165) is 0 Å². The molecule has 0 radical (unpaired) electrons. The van der Waals surface area contributed by atoms with E-state index in [1.54, 1.807) is 0 Å². The molecule has 0 bridgehead atoms. The molecule has 6 N–H and O–H groups in total. The molecule has 0 aromatic heterocycles. The smallest absolute Gasteiger partial charge is 0.187 e.